The second kappa shape index (κ2) is 14.1. The summed E-state index contributed by atoms with van der Waals surface area (Å²) in [6, 6.07) is 25.5. The Balaban J connectivity index is 1.36. The van der Waals surface area contributed by atoms with E-state index >= 15 is 0 Å². The maximum absolute atomic E-state index is 13.2. The van der Waals surface area contributed by atoms with Crippen molar-refractivity contribution in [3.63, 3.8) is 0 Å². The molecule has 208 valence electrons. The molecule has 0 aliphatic heterocycles. The van der Waals surface area contributed by atoms with Crippen LogP contribution in [-0.4, -0.2) is 55.6 Å². The number of aromatic nitrogens is 2. The van der Waals surface area contributed by atoms with Gasteiger partial charge >= 0.3 is 0 Å². The summed E-state index contributed by atoms with van der Waals surface area (Å²) >= 11 is 7.82. The normalized spacial score (nSPS) is 10.7. The lowest BCUT2D eigenvalue weighted by atomic mass is 10.1. The molecule has 9 heteroatoms. The molecule has 3 aromatic carbocycles. The Morgan fingerprint density at radius 1 is 0.850 bits per heavy atom. The van der Waals surface area contributed by atoms with Gasteiger partial charge in [-0.1, -0.05) is 71.9 Å². The fourth-order valence-corrected chi connectivity index (χ4v) is 5.20. The number of benzene rings is 3. The van der Waals surface area contributed by atoms with Gasteiger partial charge in [0.15, 0.2) is 16.7 Å². The molecule has 0 N–H and O–H groups in total. The van der Waals surface area contributed by atoms with E-state index < -0.39 is 0 Å². The average molecular weight is 577 g/mol. The minimum atomic E-state index is -0.0313. The van der Waals surface area contributed by atoms with Crippen LogP contribution < -0.4 is 14.4 Å². The maximum atomic E-state index is 13.2. The number of ether oxygens (including phenoxy) is 2. The van der Waals surface area contributed by atoms with Gasteiger partial charge in [0.05, 0.1) is 14.2 Å². The largest absolute Gasteiger partial charge is 0.493 e. The van der Waals surface area contributed by atoms with Crippen molar-refractivity contribution in [2.45, 2.75) is 23.9 Å². The lowest BCUT2D eigenvalue weighted by Gasteiger charge is -2.19. The summed E-state index contributed by atoms with van der Waals surface area (Å²) in [5, 5.41) is 0.985. The molecule has 1 aromatic heterocycles. The first kappa shape index (κ1) is 29.2. The summed E-state index contributed by atoms with van der Waals surface area (Å²) in [7, 11) is 7.03. The number of halogens is 1. The molecule has 0 atom stereocenters. The smallest absolute Gasteiger partial charge is 0.253 e. The highest BCUT2D eigenvalue weighted by Gasteiger charge is 2.14. The van der Waals surface area contributed by atoms with Crippen LogP contribution in [0.5, 0.6) is 11.5 Å². The van der Waals surface area contributed by atoms with Gasteiger partial charge in [0, 0.05) is 44.6 Å². The molecule has 0 unspecified atom stereocenters. The third kappa shape index (κ3) is 7.90. The van der Waals surface area contributed by atoms with Crippen molar-refractivity contribution in [1.29, 1.82) is 0 Å². The van der Waals surface area contributed by atoms with Gasteiger partial charge < -0.3 is 19.3 Å². The van der Waals surface area contributed by atoms with Crippen LogP contribution in [0.1, 0.15) is 27.0 Å². The van der Waals surface area contributed by atoms with E-state index in [0.29, 0.717) is 52.6 Å². The first-order valence-electron chi connectivity index (χ1n) is 12.8. The number of rotatable bonds is 12. The van der Waals surface area contributed by atoms with Crippen LogP contribution in [0.15, 0.2) is 84.0 Å². The topological polar surface area (TPSA) is 67.8 Å². The second-order valence-corrected chi connectivity index (χ2v) is 10.7. The molecule has 0 fully saturated rings. The predicted octanol–water partition coefficient (Wildman–Crippen LogP) is 6.39. The van der Waals surface area contributed by atoms with E-state index in [1.165, 1.54) is 17.3 Å². The minimum Gasteiger partial charge on any atom is -0.493 e. The lowest BCUT2D eigenvalue weighted by molar-refractivity contribution is 0.0796. The van der Waals surface area contributed by atoms with Crippen LogP contribution in [0.3, 0.4) is 0 Å². The molecule has 0 saturated heterocycles. The zero-order valence-electron chi connectivity index (χ0n) is 23.1. The van der Waals surface area contributed by atoms with E-state index in [-0.39, 0.29) is 5.91 Å². The van der Waals surface area contributed by atoms with Crippen molar-refractivity contribution in [1.82, 2.24) is 14.9 Å². The highest BCUT2D eigenvalue weighted by molar-refractivity contribution is 7.98. The molecule has 0 bridgehead atoms. The number of amides is 1. The number of likely N-dealkylation sites (N-methyl/N-ethyl adjacent to an activating group) is 1. The molecule has 7 nitrogen and oxygen atoms in total. The number of nitrogens with zero attached hydrogens (tertiary/aromatic N) is 4. The summed E-state index contributed by atoms with van der Waals surface area (Å²) in [6.45, 7) is 1.28. The number of carbonyl (C=O) groups is 1. The van der Waals surface area contributed by atoms with Crippen LogP contribution in [0, 0.1) is 0 Å². The molecule has 0 spiro atoms. The van der Waals surface area contributed by atoms with Gasteiger partial charge in [0.2, 0.25) is 0 Å². The van der Waals surface area contributed by atoms with Gasteiger partial charge in [-0.15, -0.1) is 0 Å². The third-order valence-corrected chi connectivity index (χ3v) is 7.50. The third-order valence-electron chi connectivity index (χ3n) is 6.39. The lowest BCUT2D eigenvalue weighted by Crippen LogP contribution is -2.28. The van der Waals surface area contributed by atoms with E-state index in [4.69, 9.17) is 26.1 Å². The monoisotopic (exact) mass is 576 g/mol. The van der Waals surface area contributed by atoms with Gasteiger partial charge in [-0.05, 0) is 47.4 Å². The molecule has 0 saturated carbocycles. The SMILES string of the molecule is COc1ccc(CCN(C)C(=O)c2cccc(CSc3nc(Cl)cc(N(C)Cc4ccccc4)n3)c2)cc1OC. The summed E-state index contributed by atoms with van der Waals surface area (Å²) in [5.41, 5.74) is 3.90. The van der Waals surface area contributed by atoms with Gasteiger partial charge in [-0.3, -0.25) is 4.79 Å². The van der Waals surface area contributed by atoms with Crippen LogP contribution in [-0.2, 0) is 18.7 Å². The van der Waals surface area contributed by atoms with Crippen LogP contribution in [0.4, 0.5) is 5.82 Å². The minimum absolute atomic E-state index is 0.0313. The Morgan fingerprint density at radius 3 is 2.35 bits per heavy atom. The molecule has 0 aliphatic rings. The molecular formula is C31H33ClN4O3S. The summed E-state index contributed by atoms with van der Waals surface area (Å²) in [5.74, 6) is 2.70. The number of methoxy groups -OCH3 is 2. The zero-order valence-corrected chi connectivity index (χ0v) is 24.7. The van der Waals surface area contributed by atoms with Gasteiger partial charge in [-0.2, -0.15) is 0 Å². The molecule has 1 heterocycles. The van der Waals surface area contributed by atoms with Crippen molar-refractivity contribution in [2.24, 2.45) is 0 Å². The predicted molar refractivity (Wildman–Crippen MR) is 162 cm³/mol. The highest BCUT2D eigenvalue weighted by atomic mass is 35.5. The standard InChI is InChI=1S/C31H33ClN4O3S/c1-35(16-15-22-13-14-26(38-3)27(18-22)39-4)30(37)25-12-8-11-24(17-25)21-40-31-33-28(32)19-29(34-31)36(2)20-23-9-6-5-7-10-23/h5-14,17-19H,15-16,20-21H2,1-4H3. The van der Waals surface area contributed by atoms with E-state index in [1.807, 2.05) is 79.7 Å². The van der Waals surface area contributed by atoms with Gasteiger partial charge in [0.25, 0.3) is 5.91 Å². The Bertz CT molecular complexity index is 1440. The van der Waals surface area contributed by atoms with Crippen molar-refractivity contribution in [2.75, 3.05) is 39.8 Å². The fourth-order valence-electron chi connectivity index (χ4n) is 4.18. The molecule has 4 rings (SSSR count). The van der Waals surface area contributed by atoms with Crippen LogP contribution in [0.25, 0.3) is 0 Å². The van der Waals surface area contributed by atoms with E-state index in [1.54, 1.807) is 25.2 Å². The first-order chi connectivity index (χ1) is 19.4. The number of thioether (sulfide) groups is 1. The highest BCUT2D eigenvalue weighted by Crippen LogP contribution is 2.28. The Labute approximate surface area is 245 Å². The molecule has 4 aromatic rings. The molecule has 40 heavy (non-hydrogen) atoms. The first-order valence-corrected chi connectivity index (χ1v) is 14.2. The van der Waals surface area contributed by atoms with Crippen molar-refractivity contribution in [3.05, 3.63) is 106 Å². The van der Waals surface area contributed by atoms with Crippen LogP contribution >= 0.6 is 23.4 Å². The van der Waals surface area contributed by atoms with Crippen molar-refractivity contribution in [3.8, 4) is 11.5 Å². The van der Waals surface area contributed by atoms with Crippen LogP contribution in [0.2, 0.25) is 5.15 Å². The number of carbonyl (C=O) groups excluding carboxylic acids is 1. The quantitative estimate of drug-likeness (QED) is 0.110. The fraction of sp³-hybridized carbons (Fsp3) is 0.258. The molecule has 0 aliphatic carbocycles. The second-order valence-electron chi connectivity index (χ2n) is 9.33. The Morgan fingerprint density at radius 2 is 1.60 bits per heavy atom. The van der Waals surface area contributed by atoms with Crippen molar-refractivity contribution < 1.29 is 14.3 Å². The summed E-state index contributed by atoms with van der Waals surface area (Å²) < 4.78 is 10.7. The van der Waals surface area contributed by atoms with E-state index in [0.717, 1.165) is 16.9 Å². The van der Waals surface area contributed by atoms with E-state index in [2.05, 4.69) is 17.1 Å². The van der Waals surface area contributed by atoms with Gasteiger partial charge in [-0.25, -0.2) is 9.97 Å². The number of hydrogen-bond acceptors (Lipinski definition) is 7. The Hall–Kier alpha value is -3.75. The number of anilines is 1. The zero-order chi connectivity index (χ0) is 28.5. The summed E-state index contributed by atoms with van der Waals surface area (Å²) in [4.78, 5) is 26.0. The van der Waals surface area contributed by atoms with E-state index in [9.17, 15) is 4.79 Å². The molecular weight excluding hydrogens is 544 g/mol. The molecule has 1 amide bonds. The maximum Gasteiger partial charge on any atom is 0.253 e. The van der Waals surface area contributed by atoms with Crippen molar-refractivity contribution >= 4 is 35.1 Å². The molecule has 0 radical (unpaired) electrons. The Kier molecular flexibility index (Phi) is 10.3. The average Bonchev–Trinajstić information content (AvgIpc) is 2.98. The summed E-state index contributed by atoms with van der Waals surface area (Å²) in [6.07, 6.45) is 0.700. The van der Waals surface area contributed by atoms with Gasteiger partial charge in [0.1, 0.15) is 11.0 Å². The number of hydrogen-bond donors (Lipinski definition) is 0.